The zero-order chi connectivity index (χ0) is 14.4. The van der Waals surface area contributed by atoms with Crippen LogP contribution in [0.2, 0.25) is 0 Å². The standard InChI is InChI=1S/C12H19N4O2S2/c1-6-8(13)9-10(7(2)19-6)20-11(14-9)16-5-18-4-15(3)12(16)17/h6-8,19H,4-5,13H2,1-3H3. The number of nitrogens with two attached hydrogens (primary N) is 1. The van der Waals surface area contributed by atoms with Crippen molar-refractivity contribution in [2.75, 3.05) is 25.4 Å². The second-order valence-corrected chi connectivity index (χ2v) is 8.10. The molecule has 2 aliphatic heterocycles. The van der Waals surface area contributed by atoms with Crippen molar-refractivity contribution >= 4 is 34.3 Å². The molecular weight excluding hydrogens is 296 g/mol. The second kappa shape index (κ2) is 5.18. The molecule has 2 aliphatic rings. The summed E-state index contributed by atoms with van der Waals surface area (Å²) in [6.07, 6.45) is 0. The van der Waals surface area contributed by atoms with E-state index in [1.165, 1.54) is 21.5 Å². The average molecular weight is 315 g/mol. The molecule has 2 amide bonds. The molecule has 3 rings (SSSR count). The Morgan fingerprint density at radius 2 is 2.20 bits per heavy atom. The van der Waals surface area contributed by atoms with E-state index >= 15 is 0 Å². The van der Waals surface area contributed by atoms with E-state index in [9.17, 15) is 4.79 Å². The van der Waals surface area contributed by atoms with Crippen LogP contribution in [0, 0.1) is 0 Å². The number of anilines is 1. The van der Waals surface area contributed by atoms with Crippen LogP contribution in [0.4, 0.5) is 9.93 Å². The zero-order valence-corrected chi connectivity index (χ0v) is 13.4. The van der Waals surface area contributed by atoms with E-state index in [1.54, 1.807) is 23.3 Å². The summed E-state index contributed by atoms with van der Waals surface area (Å²) in [6.45, 7) is 4.91. The lowest BCUT2D eigenvalue weighted by molar-refractivity contribution is 0.0361. The Balaban J connectivity index is 1.95. The third kappa shape index (κ3) is 2.20. The highest BCUT2D eigenvalue weighted by molar-refractivity contribution is 8.00. The van der Waals surface area contributed by atoms with Crippen LogP contribution >= 0.6 is 23.1 Å². The van der Waals surface area contributed by atoms with Gasteiger partial charge in [0.05, 0.1) is 11.7 Å². The summed E-state index contributed by atoms with van der Waals surface area (Å²) in [6, 6.07) is -0.124. The Labute approximate surface area is 126 Å². The van der Waals surface area contributed by atoms with E-state index in [-0.39, 0.29) is 18.8 Å². The number of hydrogen-bond donors (Lipinski definition) is 2. The van der Waals surface area contributed by atoms with Crippen molar-refractivity contribution in [3.05, 3.63) is 10.6 Å². The topological polar surface area (TPSA) is 71.7 Å². The van der Waals surface area contributed by atoms with Crippen molar-refractivity contribution in [2.45, 2.75) is 30.4 Å². The molecule has 3 heterocycles. The van der Waals surface area contributed by atoms with Crippen LogP contribution < -0.4 is 10.6 Å². The minimum Gasteiger partial charge on any atom is -0.340 e. The van der Waals surface area contributed by atoms with Crippen LogP contribution in [0.1, 0.15) is 35.7 Å². The highest BCUT2D eigenvalue weighted by atomic mass is 32.2. The number of carbonyl (C=O) groups is 1. The number of nitrogens with zero attached hydrogens (tertiary/aromatic N) is 3. The minimum absolute atomic E-state index is 0.0496. The molecule has 0 aliphatic carbocycles. The van der Waals surface area contributed by atoms with E-state index < -0.39 is 0 Å². The van der Waals surface area contributed by atoms with Crippen molar-refractivity contribution in [3.63, 3.8) is 0 Å². The van der Waals surface area contributed by atoms with Gasteiger partial charge in [0.25, 0.3) is 0 Å². The monoisotopic (exact) mass is 315 g/mol. The summed E-state index contributed by atoms with van der Waals surface area (Å²) in [7, 11) is 1.72. The number of carbonyl (C=O) groups excluding carboxylic acids is 1. The van der Waals surface area contributed by atoms with Crippen LogP contribution in [-0.4, -0.2) is 41.7 Å². The van der Waals surface area contributed by atoms with Crippen molar-refractivity contribution in [3.8, 4) is 0 Å². The van der Waals surface area contributed by atoms with Gasteiger partial charge in [0, 0.05) is 22.4 Å². The number of ether oxygens (including phenoxy) is 1. The first-order valence-electron chi connectivity index (χ1n) is 6.55. The molecule has 3 unspecified atom stereocenters. The van der Waals surface area contributed by atoms with Crippen molar-refractivity contribution in [1.82, 2.24) is 9.88 Å². The quantitative estimate of drug-likeness (QED) is 0.776. The van der Waals surface area contributed by atoms with Gasteiger partial charge >= 0.3 is 6.03 Å². The molecule has 2 N–H and O–H groups in total. The molecule has 0 bridgehead atoms. The third-order valence-electron chi connectivity index (χ3n) is 3.64. The molecule has 1 saturated heterocycles. The maximum absolute atomic E-state index is 12.2. The first-order chi connectivity index (χ1) is 9.49. The number of fused-ring (bicyclic) bond motifs is 1. The molecule has 1 aromatic heterocycles. The molecule has 3 atom stereocenters. The predicted octanol–water partition coefficient (Wildman–Crippen LogP) is 1.87. The Hall–Kier alpha value is -0.830. The first kappa shape index (κ1) is 14.1. The Morgan fingerprint density at radius 1 is 1.45 bits per heavy atom. The van der Waals surface area contributed by atoms with E-state index in [1.807, 2.05) is 0 Å². The number of thiol groups is 1. The Kier molecular flexibility index (Phi) is 3.65. The lowest BCUT2D eigenvalue weighted by Gasteiger charge is -2.31. The van der Waals surface area contributed by atoms with Crippen molar-refractivity contribution < 1.29 is 9.53 Å². The normalized spacial score (nSPS) is 30.6. The fraction of sp³-hybridized carbons (Fsp3) is 0.667. The van der Waals surface area contributed by atoms with Crippen molar-refractivity contribution in [2.24, 2.45) is 5.73 Å². The summed E-state index contributed by atoms with van der Waals surface area (Å²) in [5.41, 5.74) is 7.20. The molecule has 1 radical (unpaired) electrons. The SMILES string of the molecule is CC1[SH]C(C)C(N)c2nc(N3COCN(C)C3=O)sc21. The first-order valence-corrected chi connectivity index (χ1v) is 8.40. The molecule has 0 aromatic carbocycles. The van der Waals surface area contributed by atoms with Gasteiger partial charge in [0.15, 0.2) is 5.13 Å². The smallest absolute Gasteiger partial charge is 0.329 e. The maximum atomic E-state index is 12.2. The highest BCUT2D eigenvalue weighted by Crippen LogP contribution is 2.48. The van der Waals surface area contributed by atoms with Gasteiger partial charge in [-0.25, -0.2) is 26.4 Å². The average Bonchev–Trinajstić information content (AvgIpc) is 2.85. The van der Waals surface area contributed by atoms with Crippen LogP contribution in [-0.2, 0) is 4.74 Å². The number of urea groups is 1. The van der Waals surface area contributed by atoms with Gasteiger partial charge in [-0.05, 0) is 6.92 Å². The molecule has 20 heavy (non-hydrogen) atoms. The van der Waals surface area contributed by atoms with Crippen LogP contribution in [0.15, 0.2) is 0 Å². The van der Waals surface area contributed by atoms with Gasteiger partial charge in [-0.1, -0.05) is 18.3 Å². The summed E-state index contributed by atoms with van der Waals surface area (Å²) in [5.74, 6) is 0. The number of amides is 2. The van der Waals surface area contributed by atoms with Crippen LogP contribution in [0.25, 0.3) is 0 Å². The number of thiazole rings is 1. The zero-order valence-electron chi connectivity index (χ0n) is 11.7. The molecule has 0 spiro atoms. The minimum atomic E-state index is -0.0748. The van der Waals surface area contributed by atoms with Gasteiger partial charge in [-0.15, -0.1) is 0 Å². The lowest BCUT2D eigenvalue weighted by Crippen LogP contribution is -2.48. The molecule has 111 valence electrons. The van der Waals surface area contributed by atoms with Gasteiger partial charge in [-0.3, -0.25) is 0 Å². The molecular formula is C12H19N4O2S2. The summed E-state index contributed by atoms with van der Waals surface area (Å²) < 4.78 is 5.39. The van der Waals surface area contributed by atoms with Gasteiger partial charge in [-0.2, -0.15) is 0 Å². The van der Waals surface area contributed by atoms with E-state index in [4.69, 9.17) is 10.5 Å². The largest absolute Gasteiger partial charge is 0.340 e. The third-order valence-corrected chi connectivity index (χ3v) is 6.59. The molecule has 0 saturated carbocycles. The van der Waals surface area contributed by atoms with Crippen molar-refractivity contribution in [1.29, 1.82) is 0 Å². The van der Waals surface area contributed by atoms with Gasteiger partial charge in [0.2, 0.25) is 0 Å². The number of hydrogen-bond acceptors (Lipinski definition) is 5. The summed E-state index contributed by atoms with van der Waals surface area (Å²) in [4.78, 5) is 21.1. The van der Waals surface area contributed by atoms with E-state index in [0.717, 1.165) is 5.69 Å². The fourth-order valence-corrected chi connectivity index (χ4v) is 5.13. The second-order valence-electron chi connectivity index (χ2n) is 5.21. The number of rotatable bonds is 1. The molecule has 1 fully saturated rings. The fourth-order valence-electron chi connectivity index (χ4n) is 2.45. The molecule has 8 heteroatoms. The highest BCUT2D eigenvalue weighted by Gasteiger charge is 2.34. The maximum Gasteiger partial charge on any atom is 0.329 e. The Bertz CT molecular complexity index is 536. The molecule has 1 aromatic rings. The Morgan fingerprint density at radius 3 is 2.95 bits per heavy atom. The summed E-state index contributed by atoms with van der Waals surface area (Å²) >= 11 is 2.89. The van der Waals surface area contributed by atoms with Crippen LogP contribution in [0.3, 0.4) is 0 Å². The predicted molar refractivity (Wildman–Crippen MR) is 82.4 cm³/mol. The van der Waals surface area contributed by atoms with Gasteiger partial charge in [0.1, 0.15) is 13.5 Å². The molecule has 6 nitrogen and oxygen atoms in total. The van der Waals surface area contributed by atoms with E-state index in [0.29, 0.717) is 22.4 Å². The van der Waals surface area contributed by atoms with Gasteiger partial charge < -0.3 is 15.4 Å². The summed E-state index contributed by atoms with van der Waals surface area (Å²) in [5, 5.41) is 1.51. The van der Waals surface area contributed by atoms with E-state index in [2.05, 4.69) is 18.8 Å². The lowest BCUT2D eigenvalue weighted by atomic mass is 10.1. The number of aromatic nitrogens is 1. The van der Waals surface area contributed by atoms with Crippen LogP contribution in [0.5, 0.6) is 0 Å².